The third-order valence-electron chi connectivity index (χ3n) is 5.31. The molecule has 0 nitrogen and oxygen atoms in total. The predicted octanol–water partition coefficient (Wildman–Crippen LogP) is 4.45. The maximum absolute atomic E-state index is 7.36. The van der Waals surface area contributed by atoms with Crippen LogP contribution in [-0.4, -0.2) is 21.0 Å². The highest BCUT2D eigenvalue weighted by molar-refractivity contribution is 8.21. The van der Waals surface area contributed by atoms with Crippen molar-refractivity contribution in [2.24, 2.45) is 0 Å². The van der Waals surface area contributed by atoms with Crippen molar-refractivity contribution in [1.29, 1.82) is 0 Å². The molecule has 0 saturated carbocycles. The molecule has 0 fully saturated rings. The minimum absolute atomic E-state index is 0.752. The molecule has 0 saturated heterocycles. The first-order valence-electron chi connectivity index (χ1n) is 9.69. The number of rotatable bonds is 6. The molecular formula is C25H22B2P2+2. The van der Waals surface area contributed by atoms with Gasteiger partial charge in [-0.2, -0.15) is 0 Å². The lowest BCUT2D eigenvalue weighted by Crippen LogP contribution is -2.32. The molecule has 0 aliphatic rings. The fraction of sp³-hybridized carbons (Fsp3) is 0.0400. The molecule has 0 N–H and O–H groups in total. The number of benzene rings is 4. The van der Waals surface area contributed by atoms with Crippen molar-refractivity contribution in [3.8, 4) is 0 Å². The third kappa shape index (κ3) is 4.11. The average Bonchev–Trinajstić information content (AvgIpc) is 2.81. The largest absolute Gasteiger partial charge is 0.381 e. The van der Waals surface area contributed by atoms with Crippen LogP contribution in [0.25, 0.3) is 0 Å². The molecule has 4 heteroatoms. The van der Waals surface area contributed by atoms with Crippen molar-refractivity contribution < 1.29 is 0 Å². The van der Waals surface area contributed by atoms with Gasteiger partial charge in [0, 0.05) is 0 Å². The van der Waals surface area contributed by atoms with Crippen molar-refractivity contribution >= 4 is 50.6 Å². The first-order valence-corrected chi connectivity index (χ1v) is 13.8. The van der Waals surface area contributed by atoms with Crippen LogP contribution in [0.15, 0.2) is 121 Å². The number of hydrogen-bond donors (Lipinski definition) is 0. The van der Waals surface area contributed by atoms with Gasteiger partial charge in [-0.1, -0.05) is 72.8 Å². The van der Waals surface area contributed by atoms with E-state index in [2.05, 4.69) is 97.1 Å². The zero-order valence-corrected chi connectivity index (χ0v) is 18.1. The molecule has 0 aromatic heterocycles. The molecule has 4 aromatic rings. The topological polar surface area (TPSA) is 0 Å². The van der Waals surface area contributed by atoms with Gasteiger partial charge in [-0.3, -0.25) is 0 Å². The highest BCUT2D eigenvalue weighted by Crippen LogP contribution is 2.67. The second-order valence-corrected chi connectivity index (χ2v) is 13.9. The van der Waals surface area contributed by atoms with Crippen LogP contribution < -0.4 is 21.2 Å². The number of hydrogen-bond acceptors (Lipinski definition) is 0. The molecule has 4 aromatic carbocycles. The third-order valence-corrected chi connectivity index (χ3v) is 13.8. The summed E-state index contributed by atoms with van der Waals surface area (Å²) in [6, 6.07) is 42.0. The minimum Gasteiger partial charge on any atom is -0.0620 e. The Morgan fingerprint density at radius 3 is 0.793 bits per heavy atom. The molecular weight excluding hydrogens is 384 g/mol. The molecule has 136 valence electrons. The van der Waals surface area contributed by atoms with E-state index in [1.807, 2.05) is 24.3 Å². The first kappa shape index (κ1) is 20.2. The molecule has 29 heavy (non-hydrogen) atoms. The van der Waals surface area contributed by atoms with Gasteiger partial charge in [0.15, 0.2) is 0 Å². The normalized spacial score (nSPS) is 11.9. The Hall–Kier alpha value is -2.13. The van der Waals surface area contributed by atoms with Crippen LogP contribution in [-0.2, 0) is 0 Å². The van der Waals surface area contributed by atoms with Crippen LogP contribution in [0.5, 0.6) is 0 Å². The van der Waals surface area contributed by atoms with E-state index in [4.69, 9.17) is 15.1 Å². The molecule has 0 aliphatic heterocycles. The summed E-state index contributed by atoms with van der Waals surface area (Å²) >= 11 is 0. The highest BCUT2D eigenvalue weighted by atomic mass is 31.2. The predicted molar refractivity (Wildman–Crippen MR) is 135 cm³/mol. The monoisotopic (exact) mass is 406 g/mol. The second-order valence-electron chi connectivity index (χ2n) is 7.22. The molecule has 0 spiro atoms. The Kier molecular flexibility index (Phi) is 6.05. The SMILES string of the molecule is [B][P+](C[P+]([B])(c1ccccc1)c1ccccc1)(c1ccccc1)c1ccccc1. The van der Waals surface area contributed by atoms with Crippen molar-refractivity contribution in [2.75, 3.05) is 5.90 Å². The summed E-state index contributed by atoms with van der Waals surface area (Å²) in [6.07, 6.45) is 0. The summed E-state index contributed by atoms with van der Waals surface area (Å²) < 4.78 is 0. The van der Waals surface area contributed by atoms with Crippen molar-refractivity contribution in [2.45, 2.75) is 0 Å². The molecule has 0 atom stereocenters. The van der Waals surface area contributed by atoms with Crippen LogP contribution in [0, 0.1) is 0 Å². The fourth-order valence-corrected chi connectivity index (χ4v) is 12.6. The van der Waals surface area contributed by atoms with E-state index in [1.165, 1.54) is 21.2 Å². The van der Waals surface area contributed by atoms with Crippen molar-refractivity contribution in [1.82, 2.24) is 0 Å². The van der Waals surface area contributed by atoms with Crippen LogP contribution in [0.4, 0.5) is 0 Å². The first-order chi connectivity index (χ1) is 14.1. The summed E-state index contributed by atoms with van der Waals surface area (Å²) in [4.78, 5) is 0. The Labute approximate surface area is 177 Å². The van der Waals surface area contributed by atoms with Crippen molar-refractivity contribution in [3.05, 3.63) is 121 Å². The van der Waals surface area contributed by atoms with E-state index < -0.39 is 14.3 Å². The highest BCUT2D eigenvalue weighted by Gasteiger charge is 2.51. The minimum atomic E-state index is -2.20. The van der Waals surface area contributed by atoms with E-state index in [0.29, 0.717) is 0 Å². The van der Waals surface area contributed by atoms with Gasteiger partial charge >= 0.3 is 15.1 Å². The van der Waals surface area contributed by atoms with Crippen molar-refractivity contribution in [3.63, 3.8) is 0 Å². The lowest BCUT2D eigenvalue weighted by atomic mass is 10.4. The summed E-state index contributed by atoms with van der Waals surface area (Å²) in [6.45, 7) is 0. The van der Waals surface area contributed by atoms with Gasteiger partial charge in [0.05, 0.1) is 35.5 Å². The van der Waals surface area contributed by atoms with Crippen LogP contribution in [0.3, 0.4) is 0 Å². The molecule has 0 aliphatic carbocycles. The fourth-order valence-electron chi connectivity index (χ4n) is 3.75. The van der Waals surface area contributed by atoms with E-state index >= 15 is 0 Å². The van der Waals surface area contributed by atoms with Gasteiger partial charge in [0.1, 0.15) is 5.90 Å². The summed E-state index contributed by atoms with van der Waals surface area (Å²) in [7, 11) is 10.3. The standard InChI is InChI=1S/C25H22B2P2/c26-28(22-13-5-1-6-14-22,23-15-7-2-8-16-23)21-29(27,24-17-9-3-10-18-24)25-19-11-4-12-20-25/h1-20H,21H2/q+2. The maximum Gasteiger partial charge on any atom is 0.381 e. The molecule has 0 unspecified atom stereocenters. The second kappa shape index (κ2) is 8.71. The van der Waals surface area contributed by atoms with E-state index in [-0.39, 0.29) is 0 Å². The lowest BCUT2D eigenvalue weighted by molar-refractivity contribution is 1.72. The van der Waals surface area contributed by atoms with Gasteiger partial charge in [0.25, 0.3) is 0 Å². The quantitative estimate of drug-likeness (QED) is 0.328. The van der Waals surface area contributed by atoms with Gasteiger partial charge in [-0.05, 0) is 48.5 Å². The van der Waals surface area contributed by atoms with Crippen LogP contribution in [0.1, 0.15) is 0 Å². The van der Waals surface area contributed by atoms with E-state index in [0.717, 1.165) is 5.90 Å². The Morgan fingerprint density at radius 2 is 0.586 bits per heavy atom. The van der Waals surface area contributed by atoms with Crippen LogP contribution >= 0.6 is 14.3 Å². The average molecular weight is 406 g/mol. The smallest absolute Gasteiger partial charge is 0.0620 e. The summed E-state index contributed by atoms with van der Waals surface area (Å²) in [5.74, 6) is 0.752. The molecule has 0 amide bonds. The molecule has 0 bridgehead atoms. The molecule has 4 radical (unpaired) electrons. The molecule has 4 rings (SSSR count). The molecule has 0 heterocycles. The zero-order valence-electron chi connectivity index (χ0n) is 16.3. The van der Waals surface area contributed by atoms with Gasteiger partial charge in [-0.25, -0.2) is 0 Å². The lowest BCUT2D eigenvalue weighted by Gasteiger charge is -2.31. The maximum atomic E-state index is 7.36. The Balaban J connectivity index is 1.91. The summed E-state index contributed by atoms with van der Waals surface area (Å²) in [5, 5.41) is 4.75. The van der Waals surface area contributed by atoms with Gasteiger partial charge < -0.3 is 0 Å². The van der Waals surface area contributed by atoms with Crippen LogP contribution in [0.2, 0.25) is 0 Å². The van der Waals surface area contributed by atoms with E-state index in [1.54, 1.807) is 0 Å². The Morgan fingerprint density at radius 1 is 0.379 bits per heavy atom. The van der Waals surface area contributed by atoms with E-state index in [9.17, 15) is 0 Å². The Bertz CT molecular complexity index is 873. The summed E-state index contributed by atoms with van der Waals surface area (Å²) in [5.41, 5.74) is 0. The van der Waals surface area contributed by atoms with Gasteiger partial charge in [0.2, 0.25) is 0 Å². The zero-order chi connectivity index (χ0) is 20.2. The van der Waals surface area contributed by atoms with Gasteiger partial charge in [-0.15, -0.1) is 0 Å².